The van der Waals surface area contributed by atoms with Gasteiger partial charge in [-0.05, 0) is 45.8 Å². The normalized spacial score (nSPS) is 11.5. The summed E-state index contributed by atoms with van der Waals surface area (Å²) in [6, 6.07) is 12.3. The van der Waals surface area contributed by atoms with Crippen molar-refractivity contribution in [2.24, 2.45) is 5.73 Å². The van der Waals surface area contributed by atoms with Crippen LogP contribution in [0.15, 0.2) is 57.7 Å². The first-order valence-corrected chi connectivity index (χ1v) is 12.0. The third-order valence-electron chi connectivity index (χ3n) is 5.58. The van der Waals surface area contributed by atoms with Gasteiger partial charge in [-0.15, -0.1) is 0 Å². The summed E-state index contributed by atoms with van der Waals surface area (Å²) in [6.07, 6.45) is 2.05. The molecule has 0 bridgehead atoms. The molecule has 0 atom stereocenters. The van der Waals surface area contributed by atoms with Crippen LogP contribution in [0.3, 0.4) is 0 Å². The van der Waals surface area contributed by atoms with Gasteiger partial charge in [-0.25, -0.2) is 0 Å². The van der Waals surface area contributed by atoms with E-state index >= 15 is 0 Å². The smallest absolute Gasteiger partial charge is 0.252 e. The van der Waals surface area contributed by atoms with Gasteiger partial charge in [0.15, 0.2) is 0 Å². The number of hydrogen-bond donors (Lipinski definition) is 1. The zero-order valence-corrected chi connectivity index (χ0v) is 22.0. The number of Topliss-reactive ketones (excluding diaryl/α,β-unsaturated/α-hetero) is 1. The molecule has 2 aromatic carbocycles. The molecule has 9 heteroatoms. The van der Waals surface area contributed by atoms with E-state index in [-0.39, 0.29) is 29.6 Å². The number of pyridine rings is 1. The Morgan fingerprint density at radius 2 is 1.81 bits per heavy atom. The largest absolute Gasteiger partial charge is 0.496 e. The number of benzene rings is 2. The van der Waals surface area contributed by atoms with Crippen LogP contribution in [0, 0.1) is 0 Å². The summed E-state index contributed by atoms with van der Waals surface area (Å²) < 4.78 is 17.4. The van der Waals surface area contributed by atoms with Gasteiger partial charge in [-0.1, -0.05) is 32.0 Å². The number of ketones is 1. The van der Waals surface area contributed by atoms with Crippen LogP contribution in [0.5, 0.6) is 17.2 Å². The predicted molar refractivity (Wildman–Crippen MR) is 139 cm³/mol. The van der Waals surface area contributed by atoms with Crippen molar-refractivity contribution in [1.82, 2.24) is 10.1 Å². The van der Waals surface area contributed by atoms with E-state index in [1.54, 1.807) is 30.5 Å². The fourth-order valence-corrected chi connectivity index (χ4v) is 4.20. The molecule has 0 saturated heterocycles. The van der Waals surface area contributed by atoms with E-state index in [9.17, 15) is 9.59 Å². The molecule has 0 spiro atoms. The van der Waals surface area contributed by atoms with Gasteiger partial charge >= 0.3 is 0 Å². The molecule has 4 rings (SSSR count). The lowest BCUT2D eigenvalue weighted by molar-refractivity contribution is -0.117. The Hall–Kier alpha value is -3.72. The van der Waals surface area contributed by atoms with Gasteiger partial charge in [-0.2, -0.15) is 0 Å². The van der Waals surface area contributed by atoms with Crippen molar-refractivity contribution < 1.29 is 23.6 Å². The number of hydrogen-bond acceptors (Lipinski definition) is 7. The van der Waals surface area contributed by atoms with Gasteiger partial charge in [0.1, 0.15) is 28.8 Å². The molecule has 0 radical (unpaired) electrons. The molecule has 0 aliphatic carbocycles. The fraction of sp³-hybridized carbons (Fsp3) is 0.259. The Labute approximate surface area is 216 Å². The molecule has 2 heterocycles. The first-order valence-electron chi connectivity index (χ1n) is 11.3. The van der Waals surface area contributed by atoms with Crippen molar-refractivity contribution >= 4 is 38.5 Å². The highest BCUT2D eigenvalue weighted by Crippen LogP contribution is 2.36. The van der Waals surface area contributed by atoms with Crippen LogP contribution < -0.4 is 15.2 Å². The number of nitrogens with two attached hydrogens (primary N) is 1. The number of rotatable bonds is 8. The monoisotopic (exact) mass is 551 g/mol. The van der Waals surface area contributed by atoms with Gasteiger partial charge in [0.05, 0.1) is 34.8 Å². The second-order valence-corrected chi connectivity index (χ2v) is 10.3. The Morgan fingerprint density at radius 1 is 1.03 bits per heavy atom. The number of nitrogens with zero attached hydrogens (tertiary/aromatic N) is 2. The highest BCUT2D eigenvalue weighted by molar-refractivity contribution is 9.10. The standard InChI is InChI=1S/C27H26BrN3O5/c1-27(2,3)25-12-16(31-36-25)11-17(32)9-15-5-6-23(20(28)10-15)35-22-7-8-30-21-14-24(34-4)19(26(29)33)13-18(21)22/h5-8,10,12-14H,9,11H2,1-4H3,(H2,29,33). The van der Waals surface area contributed by atoms with Gasteiger partial charge in [0.25, 0.3) is 5.91 Å². The third-order valence-corrected chi connectivity index (χ3v) is 6.20. The van der Waals surface area contributed by atoms with Crippen LogP contribution in [0.25, 0.3) is 10.9 Å². The summed E-state index contributed by atoms with van der Waals surface area (Å²) in [5.74, 6) is 1.54. The Balaban J connectivity index is 1.51. The Kier molecular flexibility index (Phi) is 7.12. The van der Waals surface area contributed by atoms with Crippen LogP contribution in [0.1, 0.15) is 48.1 Å². The molecule has 0 unspecified atom stereocenters. The minimum atomic E-state index is -0.612. The van der Waals surface area contributed by atoms with E-state index in [1.165, 1.54) is 7.11 Å². The SMILES string of the molecule is COc1cc2nccc(Oc3ccc(CC(=O)Cc4cc(C(C)(C)C)on4)cc3Br)c2cc1C(N)=O. The number of primary amides is 1. The van der Waals surface area contributed by atoms with E-state index in [1.807, 2.05) is 39.0 Å². The molecular formula is C27H26BrN3O5. The molecule has 0 fully saturated rings. The average molecular weight is 552 g/mol. The van der Waals surface area contributed by atoms with E-state index in [0.717, 1.165) is 11.3 Å². The van der Waals surface area contributed by atoms with Crippen LogP contribution >= 0.6 is 15.9 Å². The zero-order chi connectivity index (χ0) is 26.0. The molecule has 2 N–H and O–H groups in total. The quantitative estimate of drug-likeness (QED) is 0.305. The first kappa shape index (κ1) is 25.4. The molecule has 4 aromatic rings. The summed E-state index contributed by atoms with van der Waals surface area (Å²) in [7, 11) is 1.46. The maximum atomic E-state index is 12.6. The number of carbonyl (C=O) groups is 2. The Bertz CT molecular complexity index is 1460. The summed E-state index contributed by atoms with van der Waals surface area (Å²) in [5, 5.41) is 4.64. The number of aromatic nitrogens is 2. The summed E-state index contributed by atoms with van der Waals surface area (Å²) >= 11 is 3.54. The Morgan fingerprint density at radius 3 is 2.44 bits per heavy atom. The van der Waals surface area contributed by atoms with E-state index in [2.05, 4.69) is 26.1 Å². The van der Waals surface area contributed by atoms with Gasteiger partial charge in [0.2, 0.25) is 0 Å². The lowest BCUT2D eigenvalue weighted by atomic mass is 9.93. The van der Waals surface area contributed by atoms with E-state index in [0.29, 0.717) is 38.3 Å². The van der Waals surface area contributed by atoms with Crippen LogP contribution in [-0.4, -0.2) is 28.9 Å². The van der Waals surface area contributed by atoms with Crippen molar-refractivity contribution in [3.8, 4) is 17.2 Å². The molecule has 2 aromatic heterocycles. The number of methoxy groups -OCH3 is 1. The number of ether oxygens (including phenoxy) is 2. The van der Waals surface area contributed by atoms with Gasteiger partial charge in [-0.3, -0.25) is 14.6 Å². The fourth-order valence-electron chi connectivity index (χ4n) is 3.70. The first-order chi connectivity index (χ1) is 17.0. The zero-order valence-electron chi connectivity index (χ0n) is 20.4. The molecule has 36 heavy (non-hydrogen) atoms. The average Bonchev–Trinajstić information content (AvgIpc) is 3.29. The molecular weight excluding hydrogens is 526 g/mol. The molecule has 0 aliphatic rings. The molecule has 8 nitrogen and oxygen atoms in total. The highest BCUT2D eigenvalue weighted by atomic mass is 79.9. The second-order valence-electron chi connectivity index (χ2n) is 9.43. The predicted octanol–water partition coefficient (Wildman–Crippen LogP) is 5.54. The van der Waals surface area contributed by atoms with Crippen LogP contribution in [0.2, 0.25) is 0 Å². The number of amides is 1. The summed E-state index contributed by atoms with van der Waals surface area (Å²) in [4.78, 5) is 28.8. The molecule has 0 saturated carbocycles. The molecule has 186 valence electrons. The molecule has 1 amide bonds. The van der Waals surface area contributed by atoms with Gasteiger partial charge < -0.3 is 19.7 Å². The van der Waals surface area contributed by atoms with Crippen LogP contribution in [0.4, 0.5) is 0 Å². The number of halogens is 1. The maximum Gasteiger partial charge on any atom is 0.252 e. The highest BCUT2D eigenvalue weighted by Gasteiger charge is 2.21. The van der Waals surface area contributed by atoms with Crippen molar-refractivity contribution in [3.05, 3.63) is 75.7 Å². The van der Waals surface area contributed by atoms with Crippen LogP contribution in [-0.2, 0) is 23.1 Å². The number of fused-ring (bicyclic) bond motifs is 1. The minimum Gasteiger partial charge on any atom is -0.496 e. The second kappa shape index (κ2) is 10.1. The summed E-state index contributed by atoms with van der Waals surface area (Å²) in [6.45, 7) is 6.09. The molecule has 0 aliphatic heterocycles. The van der Waals surface area contributed by atoms with E-state index in [4.69, 9.17) is 19.7 Å². The van der Waals surface area contributed by atoms with E-state index < -0.39 is 5.91 Å². The lowest BCUT2D eigenvalue weighted by Gasteiger charge is -2.13. The van der Waals surface area contributed by atoms with Crippen molar-refractivity contribution in [1.29, 1.82) is 0 Å². The lowest BCUT2D eigenvalue weighted by Crippen LogP contribution is -2.12. The van der Waals surface area contributed by atoms with Crippen molar-refractivity contribution in [3.63, 3.8) is 0 Å². The third kappa shape index (κ3) is 5.57. The topological polar surface area (TPSA) is 118 Å². The summed E-state index contributed by atoms with van der Waals surface area (Å²) in [5.41, 5.74) is 7.63. The van der Waals surface area contributed by atoms with Gasteiger partial charge in [0, 0.05) is 35.6 Å². The van der Waals surface area contributed by atoms with Crippen molar-refractivity contribution in [2.45, 2.75) is 39.0 Å². The number of carbonyl (C=O) groups excluding carboxylic acids is 2. The minimum absolute atomic E-state index is 0.0254. The maximum absolute atomic E-state index is 12.6. The van der Waals surface area contributed by atoms with Crippen molar-refractivity contribution in [2.75, 3.05) is 7.11 Å².